The highest BCUT2D eigenvalue weighted by molar-refractivity contribution is 5.90. The minimum atomic E-state index is -0.234. The lowest BCUT2D eigenvalue weighted by atomic mass is 9.86. The molecule has 0 fully saturated rings. The fraction of sp³-hybridized carbons (Fsp3) is 0.533. The monoisotopic (exact) mass is 247 g/mol. The number of ether oxygens (including phenoxy) is 1. The van der Waals surface area contributed by atoms with Gasteiger partial charge in [-0.15, -0.1) is 0 Å². The van der Waals surface area contributed by atoms with Crippen molar-refractivity contribution in [2.24, 2.45) is 0 Å². The summed E-state index contributed by atoms with van der Waals surface area (Å²) in [5.41, 5.74) is 3.59. The summed E-state index contributed by atoms with van der Waals surface area (Å²) in [7, 11) is 0. The molecule has 1 heterocycles. The highest BCUT2D eigenvalue weighted by Gasteiger charge is 2.27. The lowest BCUT2D eigenvalue weighted by Gasteiger charge is -2.22. The van der Waals surface area contributed by atoms with E-state index >= 15 is 0 Å². The molecule has 0 N–H and O–H groups in total. The van der Waals surface area contributed by atoms with Crippen LogP contribution in [0.1, 0.15) is 38.8 Å². The minimum absolute atomic E-state index is 0.0952. The van der Waals surface area contributed by atoms with Crippen LogP contribution in [0.3, 0.4) is 0 Å². The topological polar surface area (TPSA) is 29.5 Å². The van der Waals surface area contributed by atoms with Gasteiger partial charge in [-0.2, -0.15) is 0 Å². The molecule has 0 spiro atoms. The molecule has 1 aromatic rings. The molecular weight excluding hydrogens is 226 g/mol. The number of amides is 1. The Kier molecular flexibility index (Phi) is 3.33. The smallest absolute Gasteiger partial charge is 0.414 e. The third kappa shape index (κ3) is 2.35. The second-order valence-corrected chi connectivity index (χ2v) is 5.69. The van der Waals surface area contributed by atoms with Gasteiger partial charge in [-0.1, -0.05) is 32.9 Å². The maximum atomic E-state index is 11.9. The van der Waals surface area contributed by atoms with Crippen molar-refractivity contribution in [2.75, 3.05) is 18.1 Å². The minimum Gasteiger partial charge on any atom is -0.449 e. The molecule has 0 saturated carbocycles. The van der Waals surface area contributed by atoms with Gasteiger partial charge in [0.05, 0.1) is 12.3 Å². The molecular formula is C15H21NO2. The Balaban J connectivity index is 2.33. The van der Waals surface area contributed by atoms with Crippen molar-refractivity contribution < 1.29 is 9.53 Å². The largest absolute Gasteiger partial charge is 0.449 e. The van der Waals surface area contributed by atoms with E-state index in [4.69, 9.17) is 4.74 Å². The van der Waals surface area contributed by atoms with Crippen molar-refractivity contribution in [1.29, 1.82) is 0 Å². The van der Waals surface area contributed by atoms with Crippen LogP contribution in [0.2, 0.25) is 0 Å². The maximum Gasteiger partial charge on any atom is 0.414 e. The fourth-order valence-electron chi connectivity index (χ4n) is 2.24. The first-order valence-corrected chi connectivity index (χ1v) is 6.51. The predicted molar refractivity (Wildman–Crippen MR) is 73.2 cm³/mol. The summed E-state index contributed by atoms with van der Waals surface area (Å²) < 4.78 is 5.10. The van der Waals surface area contributed by atoms with Crippen molar-refractivity contribution in [2.45, 2.75) is 39.5 Å². The molecule has 0 aromatic heterocycles. The molecule has 0 atom stereocenters. The van der Waals surface area contributed by atoms with Crippen LogP contribution in [0, 0.1) is 0 Å². The van der Waals surface area contributed by atoms with Crippen molar-refractivity contribution in [3.05, 3.63) is 29.3 Å². The summed E-state index contributed by atoms with van der Waals surface area (Å²) >= 11 is 0. The van der Waals surface area contributed by atoms with Crippen molar-refractivity contribution >= 4 is 11.8 Å². The SMILES string of the molecule is CCOC(=O)N1CCc2ccc(C(C)(C)C)cc21. The van der Waals surface area contributed by atoms with Crippen LogP contribution in [0.25, 0.3) is 0 Å². The lowest BCUT2D eigenvalue weighted by molar-refractivity contribution is 0.160. The number of nitrogens with zero attached hydrogens (tertiary/aromatic N) is 1. The third-order valence-corrected chi connectivity index (χ3v) is 3.34. The molecule has 98 valence electrons. The van der Waals surface area contributed by atoms with Gasteiger partial charge in [0.25, 0.3) is 0 Å². The van der Waals surface area contributed by atoms with E-state index in [0.717, 1.165) is 18.7 Å². The number of fused-ring (bicyclic) bond motifs is 1. The Morgan fingerprint density at radius 3 is 2.72 bits per heavy atom. The second-order valence-electron chi connectivity index (χ2n) is 5.69. The number of carbonyl (C=O) groups is 1. The van der Waals surface area contributed by atoms with Gasteiger partial charge in [-0.05, 0) is 36.0 Å². The second kappa shape index (κ2) is 4.63. The van der Waals surface area contributed by atoms with Crippen LogP contribution < -0.4 is 4.90 Å². The van der Waals surface area contributed by atoms with Gasteiger partial charge in [-0.25, -0.2) is 4.79 Å². The van der Waals surface area contributed by atoms with E-state index in [1.165, 1.54) is 11.1 Å². The summed E-state index contributed by atoms with van der Waals surface area (Å²) in [4.78, 5) is 13.6. The Labute approximate surface area is 109 Å². The Morgan fingerprint density at radius 2 is 2.11 bits per heavy atom. The summed E-state index contributed by atoms with van der Waals surface area (Å²) in [6.07, 6.45) is 0.681. The van der Waals surface area contributed by atoms with Crippen molar-refractivity contribution in [3.8, 4) is 0 Å². The number of carbonyl (C=O) groups excluding carboxylic acids is 1. The van der Waals surface area contributed by atoms with E-state index in [0.29, 0.717) is 6.61 Å². The molecule has 0 bridgehead atoms. The Hall–Kier alpha value is -1.51. The average molecular weight is 247 g/mol. The van der Waals surface area contributed by atoms with Crippen LogP contribution in [-0.4, -0.2) is 19.2 Å². The van der Waals surface area contributed by atoms with Gasteiger partial charge in [0, 0.05) is 6.54 Å². The van der Waals surface area contributed by atoms with E-state index in [1.54, 1.807) is 4.90 Å². The highest BCUT2D eigenvalue weighted by Crippen LogP contribution is 2.33. The zero-order valence-electron chi connectivity index (χ0n) is 11.6. The normalized spacial score (nSPS) is 14.6. The van der Waals surface area contributed by atoms with Crippen LogP contribution in [0.15, 0.2) is 18.2 Å². The van der Waals surface area contributed by atoms with E-state index in [2.05, 4.69) is 39.0 Å². The van der Waals surface area contributed by atoms with Gasteiger partial charge in [-0.3, -0.25) is 4.90 Å². The molecule has 3 heteroatoms. The van der Waals surface area contributed by atoms with Crippen LogP contribution >= 0.6 is 0 Å². The van der Waals surface area contributed by atoms with E-state index in [9.17, 15) is 4.79 Å². The maximum absolute atomic E-state index is 11.9. The van der Waals surface area contributed by atoms with Gasteiger partial charge in [0.1, 0.15) is 0 Å². The number of hydrogen-bond donors (Lipinski definition) is 0. The molecule has 3 nitrogen and oxygen atoms in total. The molecule has 0 aliphatic carbocycles. The summed E-state index contributed by atoms with van der Waals surface area (Å²) in [6.45, 7) is 9.51. The predicted octanol–water partition coefficient (Wildman–Crippen LogP) is 3.50. The number of anilines is 1. The highest BCUT2D eigenvalue weighted by atomic mass is 16.6. The van der Waals surface area contributed by atoms with Crippen LogP contribution in [-0.2, 0) is 16.6 Å². The summed E-state index contributed by atoms with van der Waals surface area (Å²) in [6, 6.07) is 6.42. The quantitative estimate of drug-likeness (QED) is 0.760. The molecule has 0 unspecified atom stereocenters. The molecule has 0 saturated heterocycles. The van der Waals surface area contributed by atoms with Gasteiger partial charge < -0.3 is 4.74 Å². The van der Waals surface area contributed by atoms with Gasteiger partial charge in [0.2, 0.25) is 0 Å². The lowest BCUT2D eigenvalue weighted by Crippen LogP contribution is -2.29. The van der Waals surface area contributed by atoms with E-state index in [-0.39, 0.29) is 11.5 Å². The fourth-order valence-corrected chi connectivity index (χ4v) is 2.24. The summed E-state index contributed by atoms with van der Waals surface area (Å²) in [5.74, 6) is 0. The first kappa shape index (κ1) is 12.9. The van der Waals surface area contributed by atoms with E-state index in [1.807, 2.05) is 6.92 Å². The van der Waals surface area contributed by atoms with Crippen molar-refractivity contribution in [3.63, 3.8) is 0 Å². The van der Waals surface area contributed by atoms with Crippen LogP contribution in [0.4, 0.5) is 10.5 Å². The number of rotatable bonds is 1. The molecule has 1 amide bonds. The number of benzene rings is 1. The molecule has 1 aliphatic heterocycles. The standard InChI is InChI=1S/C15H21NO2/c1-5-18-14(17)16-9-8-11-6-7-12(10-13(11)16)15(2,3)4/h6-7,10H,5,8-9H2,1-4H3. The Morgan fingerprint density at radius 1 is 1.39 bits per heavy atom. The van der Waals surface area contributed by atoms with E-state index < -0.39 is 0 Å². The van der Waals surface area contributed by atoms with Gasteiger partial charge in [0.15, 0.2) is 0 Å². The molecule has 1 aromatic carbocycles. The third-order valence-electron chi connectivity index (χ3n) is 3.34. The molecule has 2 rings (SSSR count). The van der Waals surface area contributed by atoms with Crippen molar-refractivity contribution in [1.82, 2.24) is 0 Å². The molecule has 18 heavy (non-hydrogen) atoms. The Bertz CT molecular complexity index is 460. The average Bonchev–Trinajstić information content (AvgIpc) is 2.70. The molecule has 1 aliphatic rings. The first-order valence-electron chi connectivity index (χ1n) is 6.51. The van der Waals surface area contributed by atoms with Gasteiger partial charge >= 0.3 is 6.09 Å². The zero-order chi connectivity index (χ0) is 13.3. The first-order chi connectivity index (χ1) is 8.43. The number of hydrogen-bond acceptors (Lipinski definition) is 2. The summed E-state index contributed by atoms with van der Waals surface area (Å²) in [5, 5.41) is 0. The zero-order valence-corrected chi connectivity index (χ0v) is 11.6. The van der Waals surface area contributed by atoms with Crippen LogP contribution in [0.5, 0.6) is 0 Å². The molecule has 0 radical (unpaired) electrons.